The molecule has 14 heteroatoms. The highest BCUT2D eigenvalue weighted by molar-refractivity contribution is 8.76. The molecule has 0 aliphatic heterocycles. The third-order valence-electron chi connectivity index (χ3n) is 7.13. The molecule has 0 saturated carbocycles. The number of nitrogens with zero attached hydrogens (tertiary/aromatic N) is 6. The Morgan fingerprint density at radius 2 is 0.640 bits per heavy atom. The summed E-state index contributed by atoms with van der Waals surface area (Å²) in [7, 11) is 6.92. The SMILES string of the molecule is CNc1nc(Nc2ccc(SSc3ccc(Nc4nc(NC)nc(Nc5cc(C)cc(C)c5)n4)cc3)cc2)nc(Nc2cc(C)cc(C)c2)n1. The maximum Gasteiger partial charge on any atom is 0.233 e. The van der Waals surface area contributed by atoms with Crippen LogP contribution in [0.15, 0.2) is 94.7 Å². The lowest BCUT2D eigenvalue weighted by Gasteiger charge is -2.12. The lowest BCUT2D eigenvalue weighted by Crippen LogP contribution is -2.07. The van der Waals surface area contributed by atoms with Crippen molar-refractivity contribution in [1.82, 2.24) is 29.9 Å². The minimum Gasteiger partial charge on any atom is -0.357 e. The summed E-state index contributed by atoms with van der Waals surface area (Å²) in [5.41, 5.74) is 8.23. The van der Waals surface area contributed by atoms with Crippen molar-refractivity contribution < 1.29 is 0 Å². The van der Waals surface area contributed by atoms with Gasteiger partial charge < -0.3 is 31.9 Å². The van der Waals surface area contributed by atoms with Crippen molar-refractivity contribution >= 4 is 80.0 Å². The first kappa shape index (κ1) is 34.3. The summed E-state index contributed by atoms with van der Waals surface area (Å²) in [6.07, 6.45) is 0. The standard InChI is InChI=1S/C36H38N12S2/c1-21-15-22(2)18-27(17-21)41-35-45-31(37-5)43-33(47-35)39-25-7-11-29(12-8-25)49-50-30-13-9-26(10-14-30)40-34-44-32(38-6)46-36(48-34)42-28-19-23(3)16-24(4)20-28/h7-20H,1-6H3,(H3,37,39,41,43,45,47)(H3,38,40,42,44,46,48). The van der Waals surface area contributed by atoms with Gasteiger partial charge in [-0.3, -0.25) is 0 Å². The van der Waals surface area contributed by atoms with E-state index in [4.69, 9.17) is 0 Å². The van der Waals surface area contributed by atoms with Crippen molar-refractivity contribution in [3.05, 3.63) is 107 Å². The first-order valence-corrected chi connectivity index (χ1v) is 18.0. The average Bonchev–Trinajstić information content (AvgIpc) is 3.07. The van der Waals surface area contributed by atoms with Crippen LogP contribution >= 0.6 is 21.6 Å². The van der Waals surface area contributed by atoms with Crippen LogP contribution in [0.5, 0.6) is 0 Å². The molecular weight excluding hydrogens is 665 g/mol. The van der Waals surface area contributed by atoms with Gasteiger partial charge in [0.05, 0.1) is 0 Å². The third-order valence-corrected chi connectivity index (χ3v) is 9.55. The molecule has 6 rings (SSSR count). The molecule has 0 aliphatic carbocycles. The number of hydrogen-bond acceptors (Lipinski definition) is 14. The quantitative estimate of drug-likeness (QED) is 0.0635. The van der Waals surface area contributed by atoms with Crippen LogP contribution in [0.25, 0.3) is 0 Å². The van der Waals surface area contributed by atoms with E-state index in [0.717, 1.165) is 54.8 Å². The fraction of sp³-hybridized carbons (Fsp3) is 0.167. The van der Waals surface area contributed by atoms with Crippen molar-refractivity contribution in [3.63, 3.8) is 0 Å². The first-order chi connectivity index (χ1) is 24.2. The minimum atomic E-state index is 0.438. The van der Waals surface area contributed by atoms with Crippen molar-refractivity contribution in [2.75, 3.05) is 46.0 Å². The Labute approximate surface area is 299 Å². The highest BCUT2D eigenvalue weighted by Crippen LogP contribution is 2.38. The highest BCUT2D eigenvalue weighted by Gasteiger charge is 2.10. The van der Waals surface area contributed by atoms with E-state index >= 15 is 0 Å². The van der Waals surface area contributed by atoms with E-state index in [1.807, 2.05) is 24.3 Å². The van der Waals surface area contributed by atoms with Crippen molar-refractivity contribution in [2.45, 2.75) is 37.5 Å². The number of hydrogen-bond donors (Lipinski definition) is 6. The zero-order chi connectivity index (χ0) is 35.0. The van der Waals surface area contributed by atoms with Gasteiger partial charge >= 0.3 is 0 Å². The highest BCUT2D eigenvalue weighted by atomic mass is 33.1. The summed E-state index contributed by atoms with van der Waals surface area (Å²) in [5, 5.41) is 19.2. The van der Waals surface area contributed by atoms with Crippen LogP contribution in [-0.4, -0.2) is 44.0 Å². The second-order valence-electron chi connectivity index (χ2n) is 11.6. The van der Waals surface area contributed by atoms with E-state index in [1.54, 1.807) is 35.7 Å². The van der Waals surface area contributed by atoms with E-state index < -0.39 is 0 Å². The van der Waals surface area contributed by atoms with Crippen LogP contribution in [0.1, 0.15) is 22.3 Å². The van der Waals surface area contributed by atoms with Crippen molar-refractivity contribution in [2.24, 2.45) is 0 Å². The number of anilines is 10. The predicted molar refractivity (Wildman–Crippen MR) is 208 cm³/mol. The van der Waals surface area contributed by atoms with Gasteiger partial charge in [0.15, 0.2) is 0 Å². The molecule has 0 saturated heterocycles. The van der Waals surface area contributed by atoms with E-state index in [2.05, 4.69) is 150 Å². The lowest BCUT2D eigenvalue weighted by atomic mass is 10.1. The molecule has 0 atom stereocenters. The van der Waals surface area contributed by atoms with Crippen LogP contribution in [0.4, 0.5) is 58.4 Å². The summed E-state index contributed by atoms with van der Waals surface area (Å²) in [6.45, 7) is 8.25. The van der Waals surface area contributed by atoms with Gasteiger partial charge in [0.2, 0.25) is 35.7 Å². The maximum absolute atomic E-state index is 4.58. The molecule has 0 spiro atoms. The number of rotatable bonds is 13. The second kappa shape index (κ2) is 15.7. The molecule has 2 aromatic heterocycles. The van der Waals surface area contributed by atoms with Gasteiger partial charge in [-0.05, 0) is 123 Å². The van der Waals surface area contributed by atoms with Gasteiger partial charge in [-0.15, -0.1) is 0 Å². The summed E-state index contributed by atoms with van der Waals surface area (Å²) < 4.78 is 0. The first-order valence-electron chi connectivity index (χ1n) is 15.9. The zero-order valence-electron chi connectivity index (χ0n) is 28.6. The summed E-state index contributed by atoms with van der Waals surface area (Å²) >= 11 is 0. The molecule has 0 amide bonds. The van der Waals surface area contributed by atoms with Gasteiger partial charge in [0.25, 0.3) is 0 Å². The summed E-state index contributed by atoms with van der Waals surface area (Å²) in [6, 6.07) is 28.8. The molecule has 0 radical (unpaired) electrons. The van der Waals surface area contributed by atoms with Gasteiger partial charge in [0, 0.05) is 46.6 Å². The lowest BCUT2D eigenvalue weighted by molar-refractivity contribution is 1.06. The van der Waals surface area contributed by atoms with E-state index in [1.165, 1.54) is 0 Å². The fourth-order valence-corrected chi connectivity index (χ4v) is 7.02. The molecule has 0 fully saturated rings. The predicted octanol–water partition coefficient (Wildman–Crippen LogP) is 9.15. The number of aromatic nitrogens is 6. The molecular formula is C36H38N12S2. The summed E-state index contributed by atoms with van der Waals surface area (Å²) in [5.74, 6) is 2.70. The topological polar surface area (TPSA) is 150 Å². The Morgan fingerprint density at radius 1 is 0.360 bits per heavy atom. The number of benzene rings is 4. The van der Waals surface area contributed by atoms with E-state index in [-0.39, 0.29) is 0 Å². The fourth-order valence-electron chi connectivity index (χ4n) is 5.09. The van der Waals surface area contributed by atoms with Crippen LogP contribution < -0.4 is 31.9 Å². The smallest absolute Gasteiger partial charge is 0.233 e. The minimum absolute atomic E-state index is 0.438. The Kier molecular flexibility index (Phi) is 10.8. The van der Waals surface area contributed by atoms with Gasteiger partial charge in [-0.1, -0.05) is 33.7 Å². The zero-order valence-corrected chi connectivity index (χ0v) is 30.2. The molecule has 4 aromatic carbocycles. The molecule has 12 nitrogen and oxygen atoms in total. The Morgan fingerprint density at radius 3 is 0.940 bits per heavy atom. The second-order valence-corrected chi connectivity index (χ2v) is 13.9. The molecule has 0 unspecified atom stereocenters. The number of aryl methyl sites for hydroxylation is 4. The molecule has 254 valence electrons. The Hall–Kier alpha value is -5.60. The largest absolute Gasteiger partial charge is 0.357 e. The summed E-state index contributed by atoms with van der Waals surface area (Å²) in [4.78, 5) is 29.3. The number of nitrogens with one attached hydrogen (secondary N) is 6. The Balaban J connectivity index is 1.05. The van der Waals surface area contributed by atoms with Crippen molar-refractivity contribution in [3.8, 4) is 0 Å². The molecule has 2 heterocycles. The van der Waals surface area contributed by atoms with Gasteiger partial charge in [-0.2, -0.15) is 29.9 Å². The van der Waals surface area contributed by atoms with Crippen LogP contribution in [0, 0.1) is 27.7 Å². The normalized spacial score (nSPS) is 10.8. The third kappa shape index (κ3) is 9.51. The van der Waals surface area contributed by atoms with Crippen LogP contribution in [0.3, 0.4) is 0 Å². The average molecular weight is 703 g/mol. The van der Waals surface area contributed by atoms with E-state index in [0.29, 0.717) is 35.7 Å². The molecule has 0 bridgehead atoms. The molecule has 6 aromatic rings. The van der Waals surface area contributed by atoms with Gasteiger partial charge in [-0.25, -0.2) is 0 Å². The maximum atomic E-state index is 4.58. The monoisotopic (exact) mass is 702 g/mol. The van der Waals surface area contributed by atoms with Crippen LogP contribution in [-0.2, 0) is 0 Å². The molecule has 0 aliphatic rings. The Bertz CT molecular complexity index is 1900. The van der Waals surface area contributed by atoms with Gasteiger partial charge in [0.1, 0.15) is 0 Å². The van der Waals surface area contributed by atoms with Crippen LogP contribution in [0.2, 0.25) is 0 Å². The molecule has 50 heavy (non-hydrogen) atoms. The van der Waals surface area contributed by atoms with E-state index in [9.17, 15) is 0 Å². The molecule has 6 N–H and O–H groups in total. The van der Waals surface area contributed by atoms with Crippen molar-refractivity contribution in [1.29, 1.82) is 0 Å².